The lowest BCUT2D eigenvalue weighted by Gasteiger charge is -2.23. The number of fused-ring (bicyclic) bond motifs is 2. The van der Waals surface area contributed by atoms with Gasteiger partial charge < -0.3 is 15.3 Å². The van der Waals surface area contributed by atoms with Gasteiger partial charge in [-0.05, 0) is 49.4 Å². The Kier molecular flexibility index (Phi) is 3.46. The lowest BCUT2D eigenvalue weighted by molar-refractivity contribution is 0.102. The lowest BCUT2D eigenvalue weighted by Crippen LogP contribution is -2.22. The number of nitrogens with zero attached hydrogens (tertiary/aromatic N) is 3. The molecule has 0 spiro atoms. The Balaban J connectivity index is 1.82. The largest absolute Gasteiger partial charge is 0.396 e. The molecule has 2 N–H and O–H groups in total. The van der Waals surface area contributed by atoms with E-state index in [9.17, 15) is 4.79 Å². The van der Waals surface area contributed by atoms with Gasteiger partial charge in [-0.25, -0.2) is 9.97 Å². The first-order chi connectivity index (χ1) is 11.3. The quantitative estimate of drug-likeness (QED) is 0.905. The Labute approximate surface area is 134 Å². The number of carbonyl (C=O) groups is 1. The fourth-order valence-corrected chi connectivity index (χ4v) is 2.93. The van der Waals surface area contributed by atoms with E-state index in [1.54, 1.807) is 12.4 Å². The third-order valence-corrected chi connectivity index (χ3v) is 4.19. The van der Waals surface area contributed by atoms with Crippen molar-refractivity contribution in [1.29, 1.82) is 0 Å². The van der Waals surface area contributed by atoms with Crippen LogP contribution in [0.1, 0.15) is 35.2 Å². The maximum Gasteiger partial charge on any atom is 0.259 e. The Morgan fingerprint density at radius 1 is 1.30 bits per heavy atom. The highest BCUT2D eigenvalue weighted by molar-refractivity contribution is 6.11. The number of rotatable bonds is 4. The van der Waals surface area contributed by atoms with Crippen LogP contribution < -0.4 is 10.2 Å². The topological polar surface area (TPSA) is 78.4 Å². The zero-order chi connectivity index (χ0) is 15.8. The summed E-state index contributed by atoms with van der Waals surface area (Å²) < 4.78 is 0. The van der Waals surface area contributed by atoms with Gasteiger partial charge in [0.15, 0.2) is 5.82 Å². The van der Waals surface area contributed by atoms with Crippen molar-refractivity contribution >= 4 is 23.2 Å². The van der Waals surface area contributed by atoms with Gasteiger partial charge in [0, 0.05) is 25.0 Å². The Morgan fingerprint density at radius 3 is 2.96 bits per heavy atom. The molecule has 0 unspecified atom stereocenters. The highest BCUT2D eigenvalue weighted by atomic mass is 16.2. The van der Waals surface area contributed by atoms with Crippen molar-refractivity contribution in [3.63, 3.8) is 0 Å². The third-order valence-electron chi connectivity index (χ3n) is 4.19. The van der Waals surface area contributed by atoms with E-state index in [-0.39, 0.29) is 12.5 Å². The molecule has 1 aliphatic carbocycles. The van der Waals surface area contributed by atoms with Crippen LogP contribution in [-0.2, 0) is 6.42 Å². The summed E-state index contributed by atoms with van der Waals surface area (Å²) in [6.07, 6.45) is 7.07. The molecule has 1 saturated carbocycles. The molecule has 0 aromatic carbocycles. The Bertz CT molecular complexity index is 758. The molecule has 1 amide bonds. The van der Waals surface area contributed by atoms with Gasteiger partial charge in [0.25, 0.3) is 5.91 Å². The summed E-state index contributed by atoms with van der Waals surface area (Å²) in [7, 11) is 0. The average Bonchev–Trinajstić information content (AvgIpc) is 3.40. The molecule has 23 heavy (non-hydrogen) atoms. The Morgan fingerprint density at radius 2 is 2.17 bits per heavy atom. The highest BCUT2D eigenvalue weighted by Gasteiger charge is 2.37. The zero-order valence-corrected chi connectivity index (χ0v) is 12.7. The smallest absolute Gasteiger partial charge is 0.259 e. The second-order valence-electron chi connectivity index (χ2n) is 5.97. The second-order valence-corrected chi connectivity index (χ2v) is 5.97. The number of hydrogen-bond acceptors (Lipinski definition) is 5. The van der Waals surface area contributed by atoms with Crippen LogP contribution in [0.4, 0.5) is 17.3 Å². The lowest BCUT2D eigenvalue weighted by atomic mass is 10.1. The molecule has 0 radical (unpaired) electrons. The van der Waals surface area contributed by atoms with E-state index in [2.05, 4.69) is 20.2 Å². The summed E-state index contributed by atoms with van der Waals surface area (Å²) in [6, 6.07) is 5.93. The molecule has 4 rings (SSSR count). The maximum absolute atomic E-state index is 12.6. The van der Waals surface area contributed by atoms with Crippen molar-refractivity contribution in [2.45, 2.75) is 31.7 Å². The van der Waals surface area contributed by atoms with E-state index in [1.807, 2.05) is 18.2 Å². The van der Waals surface area contributed by atoms with Crippen LogP contribution in [0, 0.1) is 0 Å². The van der Waals surface area contributed by atoms with Crippen molar-refractivity contribution in [1.82, 2.24) is 9.97 Å². The van der Waals surface area contributed by atoms with Crippen LogP contribution in [-0.4, -0.2) is 33.6 Å². The van der Waals surface area contributed by atoms with Crippen LogP contribution in [0.15, 0.2) is 30.6 Å². The standard InChI is InChI=1S/C17H18N4O2/c22-8-2-3-11-9-13-15(19-10-11)21(12-5-6-12)16-14(20-17(13)23)4-1-7-18-16/h1,4,7,9-10,12,22H,2-3,5-6,8H2,(H,20,23). The molecule has 3 heterocycles. The van der Waals surface area contributed by atoms with Gasteiger partial charge in [-0.15, -0.1) is 0 Å². The number of hydrogen-bond donors (Lipinski definition) is 2. The second kappa shape index (κ2) is 5.62. The number of aryl methyl sites for hydroxylation is 1. The van der Waals surface area contributed by atoms with Crippen LogP contribution in [0.25, 0.3) is 0 Å². The van der Waals surface area contributed by atoms with Crippen molar-refractivity contribution < 1.29 is 9.90 Å². The van der Waals surface area contributed by atoms with E-state index in [0.717, 1.165) is 29.9 Å². The van der Waals surface area contributed by atoms with Gasteiger partial charge in [0.05, 0.1) is 11.3 Å². The van der Waals surface area contributed by atoms with Gasteiger partial charge in [-0.2, -0.15) is 0 Å². The molecule has 1 aliphatic heterocycles. The predicted octanol–water partition coefficient (Wildman–Crippen LogP) is 2.27. The predicted molar refractivity (Wildman–Crippen MR) is 87.0 cm³/mol. The molecule has 6 nitrogen and oxygen atoms in total. The highest BCUT2D eigenvalue weighted by Crippen LogP contribution is 2.42. The number of pyridine rings is 2. The van der Waals surface area contributed by atoms with Gasteiger partial charge in [-0.1, -0.05) is 0 Å². The zero-order valence-electron chi connectivity index (χ0n) is 12.7. The van der Waals surface area contributed by atoms with Crippen molar-refractivity contribution in [3.8, 4) is 0 Å². The minimum Gasteiger partial charge on any atom is -0.396 e. The number of aliphatic hydroxyl groups excluding tert-OH is 1. The van der Waals surface area contributed by atoms with Crippen LogP contribution in [0.5, 0.6) is 0 Å². The maximum atomic E-state index is 12.6. The summed E-state index contributed by atoms with van der Waals surface area (Å²) in [5.74, 6) is 1.28. The normalized spacial score (nSPS) is 16.4. The molecule has 2 aliphatic rings. The van der Waals surface area contributed by atoms with E-state index < -0.39 is 0 Å². The number of nitrogens with one attached hydrogen (secondary N) is 1. The first kappa shape index (κ1) is 14.1. The van der Waals surface area contributed by atoms with Crippen molar-refractivity contribution in [2.24, 2.45) is 0 Å². The minimum atomic E-state index is -0.157. The van der Waals surface area contributed by atoms with Gasteiger partial charge in [0.1, 0.15) is 5.82 Å². The number of carbonyl (C=O) groups excluding carboxylic acids is 1. The van der Waals surface area contributed by atoms with Crippen LogP contribution >= 0.6 is 0 Å². The van der Waals surface area contributed by atoms with E-state index in [4.69, 9.17) is 5.11 Å². The number of aliphatic hydroxyl groups is 1. The first-order valence-corrected chi connectivity index (χ1v) is 7.93. The summed E-state index contributed by atoms with van der Waals surface area (Å²) in [5.41, 5.74) is 2.26. The number of aromatic nitrogens is 2. The summed E-state index contributed by atoms with van der Waals surface area (Å²) in [5, 5.41) is 11.9. The molecule has 2 aromatic heterocycles. The van der Waals surface area contributed by atoms with Crippen LogP contribution in [0.3, 0.4) is 0 Å². The summed E-state index contributed by atoms with van der Waals surface area (Å²) in [4.78, 5) is 23.7. The fourth-order valence-electron chi connectivity index (χ4n) is 2.93. The molecule has 1 fully saturated rings. The van der Waals surface area contributed by atoms with E-state index >= 15 is 0 Å². The minimum absolute atomic E-state index is 0.132. The van der Waals surface area contributed by atoms with Crippen molar-refractivity contribution in [2.75, 3.05) is 16.8 Å². The Hall–Kier alpha value is -2.47. The molecule has 0 atom stereocenters. The number of amides is 1. The molecule has 0 bridgehead atoms. The SMILES string of the molecule is O=C1Nc2cccnc2N(C2CC2)c2ncc(CCCO)cc21. The summed E-state index contributed by atoms with van der Waals surface area (Å²) in [6.45, 7) is 0.132. The van der Waals surface area contributed by atoms with Crippen molar-refractivity contribution in [3.05, 3.63) is 41.7 Å². The molecule has 6 heteroatoms. The van der Waals surface area contributed by atoms with E-state index in [1.165, 1.54) is 0 Å². The monoisotopic (exact) mass is 310 g/mol. The van der Waals surface area contributed by atoms with Gasteiger partial charge >= 0.3 is 0 Å². The molecule has 2 aromatic rings. The average molecular weight is 310 g/mol. The van der Waals surface area contributed by atoms with Gasteiger partial charge in [0.2, 0.25) is 0 Å². The summed E-state index contributed by atoms with van der Waals surface area (Å²) >= 11 is 0. The fraction of sp³-hybridized carbons (Fsp3) is 0.353. The molecule has 118 valence electrons. The van der Waals surface area contributed by atoms with Gasteiger partial charge in [-0.3, -0.25) is 4.79 Å². The molecule has 0 saturated heterocycles. The molecular weight excluding hydrogens is 292 g/mol. The van der Waals surface area contributed by atoms with Crippen LogP contribution in [0.2, 0.25) is 0 Å². The first-order valence-electron chi connectivity index (χ1n) is 7.93. The van der Waals surface area contributed by atoms with E-state index in [0.29, 0.717) is 30.3 Å². The molecular formula is C17H18N4O2. The third kappa shape index (κ3) is 2.55. The number of anilines is 3.